The Morgan fingerprint density at radius 3 is 2.56 bits per heavy atom. The van der Waals surface area contributed by atoms with Gasteiger partial charge in [-0.25, -0.2) is 0 Å². The van der Waals surface area contributed by atoms with Crippen molar-refractivity contribution in [3.8, 4) is 0 Å². The van der Waals surface area contributed by atoms with Gasteiger partial charge in [0.15, 0.2) is 0 Å². The Bertz CT molecular complexity index is 253. The summed E-state index contributed by atoms with van der Waals surface area (Å²) in [7, 11) is 2.11. The minimum Gasteiger partial charge on any atom is -0.343 e. The Kier molecular flexibility index (Phi) is 7.04. The number of hydrogen-bond acceptors (Lipinski definition) is 4. The zero-order valence-electron chi connectivity index (χ0n) is 11.9. The van der Waals surface area contributed by atoms with E-state index < -0.39 is 0 Å². The van der Waals surface area contributed by atoms with Gasteiger partial charge in [-0.1, -0.05) is 0 Å². The molecule has 18 heavy (non-hydrogen) atoms. The second-order valence-electron chi connectivity index (χ2n) is 4.84. The summed E-state index contributed by atoms with van der Waals surface area (Å²) in [6.45, 7) is 6.18. The van der Waals surface area contributed by atoms with Gasteiger partial charge in [-0.3, -0.25) is 9.69 Å². The van der Waals surface area contributed by atoms with Crippen LogP contribution in [0.2, 0.25) is 0 Å². The number of nitrogens with zero attached hydrogens (tertiary/aromatic N) is 2. The molecule has 106 valence electrons. The lowest BCUT2D eigenvalue weighted by atomic mass is 10.1. The molecule has 5 heteroatoms. The monoisotopic (exact) mass is 273 g/mol. The summed E-state index contributed by atoms with van der Waals surface area (Å²) in [6, 6.07) is 0.773. The summed E-state index contributed by atoms with van der Waals surface area (Å²) in [6.07, 6.45) is 1.77. The van der Waals surface area contributed by atoms with E-state index in [0.717, 1.165) is 13.1 Å². The van der Waals surface area contributed by atoms with Gasteiger partial charge in [-0.15, -0.1) is 0 Å². The molecular formula is C13H27N3OS. The number of amides is 1. The van der Waals surface area contributed by atoms with Gasteiger partial charge in [0.2, 0.25) is 5.91 Å². The number of thioether (sulfide) groups is 1. The first kappa shape index (κ1) is 15.8. The minimum atomic E-state index is 0.182. The average molecular weight is 273 g/mol. The van der Waals surface area contributed by atoms with Gasteiger partial charge in [0.05, 0.1) is 0 Å². The lowest BCUT2D eigenvalue weighted by molar-refractivity contribution is -0.132. The lowest BCUT2D eigenvalue weighted by Crippen LogP contribution is -2.47. The van der Waals surface area contributed by atoms with Crippen molar-refractivity contribution in [1.29, 1.82) is 0 Å². The van der Waals surface area contributed by atoms with Crippen molar-refractivity contribution in [2.24, 2.45) is 5.73 Å². The summed E-state index contributed by atoms with van der Waals surface area (Å²) < 4.78 is 0. The average Bonchev–Trinajstić information content (AvgIpc) is 2.90. The number of carbonyl (C=O) groups excluding carboxylic acids is 1. The van der Waals surface area contributed by atoms with Crippen LogP contribution in [0, 0.1) is 0 Å². The molecule has 1 fully saturated rings. The number of carbonyl (C=O) groups is 1. The zero-order chi connectivity index (χ0) is 13.5. The van der Waals surface area contributed by atoms with Crippen molar-refractivity contribution in [3.05, 3.63) is 0 Å². The molecule has 1 aliphatic heterocycles. The highest BCUT2D eigenvalue weighted by atomic mass is 32.2. The number of hydrogen-bond donors (Lipinski definition) is 1. The molecule has 1 amide bonds. The van der Waals surface area contributed by atoms with E-state index in [1.54, 1.807) is 0 Å². The van der Waals surface area contributed by atoms with Crippen molar-refractivity contribution in [1.82, 2.24) is 9.80 Å². The largest absolute Gasteiger partial charge is 0.343 e. The Morgan fingerprint density at radius 2 is 2.11 bits per heavy atom. The van der Waals surface area contributed by atoms with Gasteiger partial charge < -0.3 is 10.6 Å². The maximum Gasteiger partial charge on any atom is 0.224 e. The van der Waals surface area contributed by atoms with Crippen LogP contribution in [0.4, 0.5) is 0 Å². The first-order valence-electron chi connectivity index (χ1n) is 6.91. The van der Waals surface area contributed by atoms with Crippen LogP contribution in [0.15, 0.2) is 0 Å². The van der Waals surface area contributed by atoms with E-state index in [2.05, 4.69) is 11.9 Å². The van der Waals surface area contributed by atoms with Crippen LogP contribution in [-0.2, 0) is 4.79 Å². The third-order valence-corrected chi connectivity index (χ3v) is 5.00. The van der Waals surface area contributed by atoms with Crippen LogP contribution in [0.5, 0.6) is 0 Å². The molecule has 0 aliphatic carbocycles. The van der Waals surface area contributed by atoms with Crippen LogP contribution in [0.3, 0.4) is 0 Å². The van der Waals surface area contributed by atoms with Crippen LogP contribution in [-0.4, -0.2) is 66.0 Å². The van der Waals surface area contributed by atoms with E-state index in [1.165, 1.54) is 17.9 Å². The van der Waals surface area contributed by atoms with E-state index in [-0.39, 0.29) is 11.9 Å². The first-order chi connectivity index (χ1) is 8.63. The highest BCUT2D eigenvalue weighted by Gasteiger charge is 2.27. The molecule has 1 saturated heterocycles. The molecule has 2 N–H and O–H groups in total. The molecule has 2 atom stereocenters. The van der Waals surface area contributed by atoms with Crippen molar-refractivity contribution < 1.29 is 4.79 Å². The van der Waals surface area contributed by atoms with Crippen LogP contribution >= 0.6 is 11.8 Å². The van der Waals surface area contributed by atoms with Gasteiger partial charge >= 0.3 is 0 Å². The molecule has 1 rings (SSSR count). The van der Waals surface area contributed by atoms with Crippen molar-refractivity contribution in [2.75, 3.05) is 38.2 Å². The highest BCUT2D eigenvalue weighted by Crippen LogP contribution is 2.23. The molecule has 2 unspecified atom stereocenters. The Balaban J connectivity index is 2.52. The van der Waals surface area contributed by atoms with E-state index in [9.17, 15) is 4.79 Å². The molecule has 0 spiro atoms. The number of likely N-dealkylation sites (N-methyl/N-ethyl adjacent to an activating group) is 1. The SMILES string of the molecule is CCN(CC)C(=O)CC(CN)N(C)C1CCSC1. The van der Waals surface area contributed by atoms with Gasteiger partial charge in [-0.05, 0) is 33.1 Å². The van der Waals surface area contributed by atoms with Crippen LogP contribution in [0.25, 0.3) is 0 Å². The summed E-state index contributed by atoms with van der Waals surface area (Å²) in [5.41, 5.74) is 5.85. The van der Waals surface area contributed by atoms with Gasteiger partial charge in [0.25, 0.3) is 0 Å². The summed E-state index contributed by atoms with van der Waals surface area (Å²) in [5.74, 6) is 2.64. The molecule has 0 radical (unpaired) electrons. The lowest BCUT2D eigenvalue weighted by Gasteiger charge is -2.32. The Labute approximate surface area is 115 Å². The van der Waals surface area contributed by atoms with E-state index in [4.69, 9.17) is 5.73 Å². The molecule has 1 heterocycles. The third-order valence-electron chi connectivity index (χ3n) is 3.86. The third kappa shape index (κ3) is 4.14. The highest BCUT2D eigenvalue weighted by molar-refractivity contribution is 7.99. The molecule has 0 bridgehead atoms. The second-order valence-corrected chi connectivity index (χ2v) is 5.99. The molecule has 0 aromatic carbocycles. The fourth-order valence-corrected chi connectivity index (χ4v) is 3.72. The predicted molar refractivity (Wildman–Crippen MR) is 78.9 cm³/mol. The molecular weight excluding hydrogens is 246 g/mol. The second kappa shape index (κ2) is 8.02. The normalized spacial score (nSPS) is 21.3. The summed E-state index contributed by atoms with van der Waals surface area (Å²) in [5, 5.41) is 0. The quantitative estimate of drug-likeness (QED) is 0.752. The van der Waals surface area contributed by atoms with Crippen molar-refractivity contribution in [2.45, 2.75) is 38.8 Å². The topological polar surface area (TPSA) is 49.6 Å². The van der Waals surface area contributed by atoms with E-state index in [0.29, 0.717) is 19.0 Å². The van der Waals surface area contributed by atoms with Gasteiger partial charge in [-0.2, -0.15) is 11.8 Å². The maximum absolute atomic E-state index is 12.1. The van der Waals surface area contributed by atoms with Crippen molar-refractivity contribution in [3.63, 3.8) is 0 Å². The number of nitrogens with two attached hydrogens (primary N) is 1. The standard InChI is InChI=1S/C13H27N3OS/c1-4-16(5-2)13(17)8-12(9-14)15(3)11-6-7-18-10-11/h11-12H,4-10,14H2,1-3H3. The maximum atomic E-state index is 12.1. The van der Waals surface area contributed by atoms with Crippen molar-refractivity contribution >= 4 is 17.7 Å². The fourth-order valence-electron chi connectivity index (χ4n) is 2.44. The van der Waals surface area contributed by atoms with E-state index in [1.807, 2.05) is 30.5 Å². The molecule has 0 saturated carbocycles. The number of rotatable bonds is 7. The van der Waals surface area contributed by atoms with Gasteiger partial charge in [0.1, 0.15) is 0 Å². The predicted octanol–water partition coefficient (Wildman–Crippen LogP) is 1.01. The molecule has 4 nitrogen and oxygen atoms in total. The zero-order valence-corrected chi connectivity index (χ0v) is 12.7. The molecule has 0 aromatic heterocycles. The smallest absolute Gasteiger partial charge is 0.224 e. The van der Waals surface area contributed by atoms with Crippen LogP contribution < -0.4 is 5.73 Å². The molecule has 1 aliphatic rings. The first-order valence-corrected chi connectivity index (χ1v) is 8.06. The van der Waals surface area contributed by atoms with Gasteiger partial charge in [0, 0.05) is 43.9 Å². The Morgan fingerprint density at radius 1 is 1.44 bits per heavy atom. The molecule has 0 aromatic rings. The summed E-state index contributed by atoms with van der Waals surface area (Å²) in [4.78, 5) is 16.3. The minimum absolute atomic E-state index is 0.182. The Hall–Kier alpha value is -0.260. The fraction of sp³-hybridized carbons (Fsp3) is 0.923. The summed E-state index contributed by atoms with van der Waals surface area (Å²) >= 11 is 1.99. The van der Waals surface area contributed by atoms with Crippen LogP contribution in [0.1, 0.15) is 26.7 Å². The van der Waals surface area contributed by atoms with E-state index >= 15 is 0 Å².